The van der Waals surface area contributed by atoms with Crippen LogP contribution in [0.5, 0.6) is 0 Å². The molecule has 94 valence electrons. The summed E-state index contributed by atoms with van der Waals surface area (Å²) in [6.07, 6.45) is 0. The number of aromatic nitrogens is 3. The van der Waals surface area contributed by atoms with Gasteiger partial charge in [-0.3, -0.25) is 4.79 Å². The molecule has 0 atom stereocenters. The zero-order valence-corrected chi connectivity index (χ0v) is 9.83. The topological polar surface area (TPSA) is 97.8 Å². The summed E-state index contributed by atoms with van der Waals surface area (Å²) in [6.45, 7) is 0. The molecule has 0 aliphatic rings. The largest absolute Gasteiger partial charge is 0.367 e. The highest BCUT2D eigenvalue weighted by molar-refractivity contribution is 5.85. The molecule has 0 radical (unpaired) electrons. The lowest BCUT2D eigenvalue weighted by Crippen LogP contribution is -2.05. The van der Waals surface area contributed by atoms with Crippen molar-refractivity contribution in [2.24, 2.45) is 0 Å². The van der Waals surface area contributed by atoms with E-state index in [-0.39, 0.29) is 11.4 Å². The first-order chi connectivity index (χ1) is 9.25. The van der Waals surface area contributed by atoms with Gasteiger partial charge in [0.25, 0.3) is 5.56 Å². The Morgan fingerprint density at radius 3 is 2.58 bits per heavy atom. The van der Waals surface area contributed by atoms with Crippen LogP contribution in [0.2, 0.25) is 0 Å². The molecule has 0 spiro atoms. The molecule has 2 heterocycles. The average Bonchev–Trinajstić information content (AvgIpc) is 2.82. The summed E-state index contributed by atoms with van der Waals surface area (Å²) >= 11 is 0. The highest BCUT2D eigenvalue weighted by Crippen LogP contribution is 2.34. The van der Waals surface area contributed by atoms with E-state index in [1.54, 1.807) is 6.07 Å². The molecule has 3 aromatic rings. The van der Waals surface area contributed by atoms with E-state index in [1.165, 1.54) is 6.07 Å². The van der Waals surface area contributed by atoms with Gasteiger partial charge in [-0.15, -0.1) is 0 Å². The summed E-state index contributed by atoms with van der Waals surface area (Å²) in [5.74, 6) is 0.217. The molecule has 3 N–H and O–H groups in total. The van der Waals surface area contributed by atoms with Crippen molar-refractivity contribution >= 4 is 5.88 Å². The minimum atomic E-state index is -0.276. The number of aromatic amines is 1. The first-order valence-corrected chi connectivity index (χ1v) is 5.62. The van der Waals surface area contributed by atoms with Gasteiger partial charge in [-0.25, -0.2) is 5.10 Å². The maximum Gasteiger partial charge on any atom is 0.264 e. The number of H-pyrrole nitrogens is 1. The summed E-state index contributed by atoms with van der Waals surface area (Å²) < 4.78 is 5.03. The summed E-state index contributed by atoms with van der Waals surface area (Å²) in [4.78, 5) is 11.0. The second-order valence-electron chi connectivity index (χ2n) is 3.94. The SMILES string of the molecule is Nc1onc(-c2ccc(=O)[nH]n2)c1-c1ccccc1. The van der Waals surface area contributed by atoms with Crippen molar-refractivity contribution in [3.05, 3.63) is 52.8 Å². The molecule has 3 rings (SSSR count). The zero-order chi connectivity index (χ0) is 13.2. The number of rotatable bonds is 2. The van der Waals surface area contributed by atoms with Crippen LogP contribution in [-0.4, -0.2) is 15.4 Å². The predicted octanol–water partition coefficient (Wildman–Crippen LogP) is 1.67. The van der Waals surface area contributed by atoms with Crippen molar-refractivity contribution in [2.75, 3.05) is 5.73 Å². The average molecular weight is 254 g/mol. The van der Waals surface area contributed by atoms with Crippen molar-refractivity contribution in [1.82, 2.24) is 15.4 Å². The summed E-state index contributed by atoms with van der Waals surface area (Å²) in [7, 11) is 0. The molecule has 1 aromatic carbocycles. The molecule has 0 unspecified atom stereocenters. The van der Waals surface area contributed by atoms with Gasteiger partial charge >= 0.3 is 0 Å². The Morgan fingerprint density at radius 1 is 1.11 bits per heavy atom. The number of nitrogen functional groups attached to an aromatic ring is 1. The normalized spacial score (nSPS) is 10.5. The minimum Gasteiger partial charge on any atom is -0.367 e. The molecule has 6 nitrogen and oxygen atoms in total. The van der Waals surface area contributed by atoms with Gasteiger partial charge < -0.3 is 10.3 Å². The van der Waals surface area contributed by atoms with E-state index in [1.807, 2.05) is 30.3 Å². The predicted molar refractivity (Wildman–Crippen MR) is 70.2 cm³/mol. The third-order valence-electron chi connectivity index (χ3n) is 2.70. The molecule has 0 fully saturated rings. The molecule has 2 aromatic heterocycles. The zero-order valence-electron chi connectivity index (χ0n) is 9.83. The number of hydrogen-bond acceptors (Lipinski definition) is 5. The molecule has 19 heavy (non-hydrogen) atoms. The van der Waals surface area contributed by atoms with Crippen LogP contribution in [0.3, 0.4) is 0 Å². The van der Waals surface area contributed by atoms with Gasteiger partial charge in [0, 0.05) is 6.07 Å². The van der Waals surface area contributed by atoms with Crippen LogP contribution >= 0.6 is 0 Å². The van der Waals surface area contributed by atoms with Crippen molar-refractivity contribution in [3.8, 4) is 22.5 Å². The van der Waals surface area contributed by atoms with E-state index in [0.717, 1.165) is 5.56 Å². The van der Waals surface area contributed by atoms with Crippen molar-refractivity contribution in [2.45, 2.75) is 0 Å². The first kappa shape index (κ1) is 11.2. The minimum absolute atomic E-state index is 0.217. The molecule has 0 aliphatic carbocycles. The monoisotopic (exact) mass is 254 g/mol. The van der Waals surface area contributed by atoms with E-state index in [0.29, 0.717) is 17.0 Å². The Hall–Kier alpha value is -2.89. The molecular formula is C13H10N4O2. The molecule has 0 bridgehead atoms. The number of nitrogens with two attached hydrogens (primary N) is 1. The highest BCUT2D eigenvalue weighted by atomic mass is 16.5. The van der Waals surface area contributed by atoms with Gasteiger partial charge in [0.2, 0.25) is 5.88 Å². The van der Waals surface area contributed by atoms with Crippen molar-refractivity contribution < 1.29 is 4.52 Å². The highest BCUT2D eigenvalue weighted by Gasteiger charge is 2.18. The lowest BCUT2D eigenvalue weighted by Gasteiger charge is -2.01. The molecular weight excluding hydrogens is 244 g/mol. The third kappa shape index (κ3) is 1.99. The van der Waals surface area contributed by atoms with Gasteiger partial charge in [-0.1, -0.05) is 35.5 Å². The van der Waals surface area contributed by atoms with E-state index >= 15 is 0 Å². The molecule has 0 aliphatic heterocycles. The molecule has 0 saturated heterocycles. The van der Waals surface area contributed by atoms with Gasteiger partial charge in [-0.05, 0) is 11.6 Å². The summed E-state index contributed by atoms with van der Waals surface area (Å²) in [5, 5.41) is 10.2. The fourth-order valence-electron chi connectivity index (χ4n) is 1.84. The number of nitrogens with zero attached hydrogens (tertiary/aromatic N) is 2. The van der Waals surface area contributed by atoms with Crippen LogP contribution in [0.25, 0.3) is 22.5 Å². The third-order valence-corrected chi connectivity index (χ3v) is 2.70. The van der Waals surface area contributed by atoms with Crippen LogP contribution in [0.1, 0.15) is 0 Å². The Bertz CT molecular complexity index is 741. The van der Waals surface area contributed by atoms with Crippen LogP contribution in [0, 0.1) is 0 Å². The van der Waals surface area contributed by atoms with Crippen molar-refractivity contribution in [3.63, 3.8) is 0 Å². The second-order valence-corrected chi connectivity index (χ2v) is 3.94. The molecule has 0 amide bonds. The Balaban J connectivity index is 2.19. The van der Waals surface area contributed by atoms with E-state index < -0.39 is 0 Å². The lowest BCUT2D eigenvalue weighted by molar-refractivity contribution is 0.439. The fraction of sp³-hybridized carbons (Fsp3) is 0. The maximum atomic E-state index is 11.0. The van der Waals surface area contributed by atoms with Crippen LogP contribution in [0.4, 0.5) is 5.88 Å². The van der Waals surface area contributed by atoms with E-state index in [4.69, 9.17) is 10.3 Å². The molecule has 0 saturated carbocycles. The van der Waals surface area contributed by atoms with Crippen LogP contribution in [-0.2, 0) is 0 Å². The molecule has 6 heteroatoms. The Kier molecular flexibility index (Phi) is 2.60. The first-order valence-electron chi connectivity index (χ1n) is 5.62. The summed E-state index contributed by atoms with van der Waals surface area (Å²) in [6, 6.07) is 12.4. The van der Waals surface area contributed by atoms with E-state index in [2.05, 4.69) is 15.4 Å². The summed E-state index contributed by atoms with van der Waals surface area (Å²) in [5.41, 5.74) is 8.08. The van der Waals surface area contributed by atoms with Crippen LogP contribution < -0.4 is 11.3 Å². The smallest absolute Gasteiger partial charge is 0.264 e. The Labute approximate surface area is 107 Å². The van der Waals surface area contributed by atoms with Gasteiger partial charge in [-0.2, -0.15) is 5.10 Å². The Morgan fingerprint density at radius 2 is 1.89 bits per heavy atom. The fourth-order valence-corrected chi connectivity index (χ4v) is 1.84. The van der Waals surface area contributed by atoms with Gasteiger partial charge in [0.1, 0.15) is 11.4 Å². The quantitative estimate of drug-likeness (QED) is 0.725. The second kappa shape index (κ2) is 4.41. The van der Waals surface area contributed by atoms with Crippen molar-refractivity contribution in [1.29, 1.82) is 0 Å². The van der Waals surface area contributed by atoms with Crippen LogP contribution in [0.15, 0.2) is 51.8 Å². The van der Waals surface area contributed by atoms with Gasteiger partial charge in [0.15, 0.2) is 0 Å². The number of nitrogens with one attached hydrogen (secondary N) is 1. The lowest BCUT2D eigenvalue weighted by atomic mass is 10.0. The standard InChI is InChI=1S/C13H10N4O2/c14-13-11(8-4-2-1-3-5-8)12(17-19-13)9-6-7-10(18)16-15-9/h1-7H,14H2,(H,16,18). The van der Waals surface area contributed by atoms with Gasteiger partial charge in [0.05, 0.1) is 5.56 Å². The van der Waals surface area contributed by atoms with E-state index in [9.17, 15) is 4.79 Å². The number of anilines is 1. The number of hydrogen-bond donors (Lipinski definition) is 2. The maximum absolute atomic E-state index is 11.0. The number of benzene rings is 1.